The van der Waals surface area contributed by atoms with Gasteiger partial charge in [0, 0.05) is 45.1 Å². The number of pyridine rings is 1. The van der Waals surface area contributed by atoms with Crippen molar-refractivity contribution in [2.24, 2.45) is 13.0 Å². The number of aromatic nitrogens is 5. The maximum absolute atomic E-state index is 12.6. The highest BCUT2D eigenvalue weighted by molar-refractivity contribution is 7.89. The fourth-order valence-corrected chi connectivity index (χ4v) is 4.35. The maximum atomic E-state index is 12.6. The Morgan fingerprint density at radius 1 is 1.33 bits per heavy atom. The maximum Gasteiger partial charge on any atom is 0.329 e. The highest BCUT2D eigenvalue weighted by Crippen LogP contribution is 2.19. The Bertz CT molecular complexity index is 1240. The van der Waals surface area contributed by atoms with E-state index in [1.54, 1.807) is 6.20 Å². The molecule has 142 valence electrons. The Morgan fingerprint density at radius 2 is 2.15 bits per heavy atom. The molecule has 1 aliphatic heterocycles. The minimum atomic E-state index is -3.83. The molecule has 1 aliphatic rings. The predicted molar refractivity (Wildman–Crippen MR) is 96.8 cm³/mol. The molecule has 0 fully saturated rings. The number of imidazole rings is 1. The monoisotopic (exact) mass is 390 g/mol. The van der Waals surface area contributed by atoms with Gasteiger partial charge in [0.25, 0.3) is 5.56 Å². The third-order valence-corrected chi connectivity index (χ3v) is 6.24. The lowest BCUT2D eigenvalue weighted by atomic mass is 9.98. The first-order valence-corrected chi connectivity index (χ1v) is 9.92. The van der Waals surface area contributed by atoms with E-state index in [0.29, 0.717) is 6.42 Å². The smallest absolute Gasteiger partial charge is 0.329 e. The number of sulfonamides is 1. The minimum absolute atomic E-state index is 0.0414. The van der Waals surface area contributed by atoms with Crippen molar-refractivity contribution in [2.75, 3.05) is 6.54 Å². The second-order valence-corrected chi connectivity index (χ2v) is 8.38. The third-order valence-electron chi connectivity index (χ3n) is 4.85. The summed E-state index contributed by atoms with van der Waals surface area (Å²) in [5.41, 5.74) is -1.15. The second kappa shape index (κ2) is 6.43. The molecule has 3 aromatic rings. The molecular weight excluding hydrogens is 372 g/mol. The molecule has 0 aliphatic carbocycles. The zero-order valence-corrected chi connectivity index (χ0v) is 15.4. The average molecular weight is 390 g/mol. The van der Waals surface area contributed by atoms with Crippen molar-refractivity contribution < 1.29 is 8.42 Å². The quantitative estimate of drug-likeness (QED) is 0.609. The van der Waals surface area contributed by atoms with Gasteiger partial charge in [0.1, 0.15) is 16.4 Å². The Kier molecular flexibility index (Phi) is 4.19. The molecule has 3 aromatic heterocycles. The van der Waals surface area contributed by atoms with Gasteiger partial charge in [-0.2, -0.15) is 0 Å². The van der Waals surface area contributed by atoms with Crippen molar-refractivity contribution >= 4 is 21.1 Å². The zero-order chi connectivity index (χ0) is 19.2. The van der Waals surface area contributed by atoms with E-state index in [9.17, 15) is 18.0 Å². The Morgan fingerprint density at radius 3 is 2.96 bits per heavy atom. The Balaban J connectivity index is 1.57. The standard InChI is InChI=1S/C16H18N6O4S/c1-21-14-12(15(23)20-16(21)24)7-11(9-18-14)27(25,26)19-8-10-2-4-22-5-3-17-13(22)6-10/h3,5,7,9-10,19H,2,4,6,8H2,1H3,(H,20,23,24). The van der Waals surface area contributed by atoms with Crippen LogP contribution < -0.4 is 16.0 Å². The van der Waals surface area contributed by atoms with Crippen molar-refractivity contribution in [1.82, 2.24) is 28.8 Å². The molecule has 0 saturated heterocycles. The summed E-state index contributed by atoms with van der Waals surface area (Å²) in [7, 11) is -2.38. The van der Waals surface area contributed by atoms with E-state index in [1.807, 2.05) is 6.20 Å². The molecule has 10 nitrogen and oxygen atoms in total. The molecule has 0 saturated carbocycles. The molecule has 0 bridgehead atoms. The lowest BCUT2D eigenvalue weighted by molar-refractivity contribution is 0.379. The molecule has 4 rings (SSSR count). The van der Waals surface area contributed by atoms with Crippen LogP contribution >= 0.6 is 0 Å². The normalized spacial score (nSPS) is 17.1. The highest BCUT2D eigenvalue weighted by Gasteiger charge is 2.23. The van der Waals surface area contributed by atoms with Gasteiger partial charge in [0.15, 0.2) is 0 Å². The molecule has 11 heteroatoms. The van der Waals surface area contributed by atoms with Gasteiger partial charge in [-0.25, -0.2) is 27.9 Å². The van der Waals surface area contributed by atoms with Crippen LogP contribution in [0.25, 0.3) is 11.0 Å². The van der Waals surface area contributed by atoms with E-state index >= 15 is 0 Å². The Labute approximate surface area is 153 Å². The van der Waals surface area contributed by atoms with Crippen molar-refractivity contribution in [3.05, 3.63) is 51.3 Å². The van der Waals surface area contributed by atoms with Crippen LogP contribution in [-0.4, -0.2) is 39.0 Å². The number of H-pyrrole nitrogens is 1. The fraction of sp³-hybridized carbons (Fsp3) is 0.375. The van der Waals surface area contributed by atoms with Gasteiger partial charge in [0.05, 0.1) is 5.39 Å². The van der Waals surface area contributed by atoms with Gasteiger partial charge in [-0.05, 0) is 18.4 Å². The van der Waals surface area contributed by atoms with Crippen LogP contribution in [0.3, 0.4) is 0 Å². The predicted octanol–water partition coefficient (Wildman–Crippen LogP) is -0.641. The average Bonchev–Trinajstić information content (AvgIpc) is 3.12. The molecular formula is C16H18N6O4S. The van der Waals surface area contributed by atoms with E-state index in [0.717, 1.165) is 29.6 Å². The first-order chi connectivity index (χ1) is 12.8. The molecule has 0 aromatic carbocycles. The lowest BCUT2D eigenvalue weighted by Gasteiger charge is -2.23. The third kappa shape index (κ3) is 3.19. The van der Waals surface area contributed by atoms with E-state index < -0.39 is 21.3 Å². The van der Waals surface area contributed by atoms with E-state index in [2.05, 4.69) is 24.2 Å². The zero-order valence-electron chi connectivity index (χ0n) is 14.5. The first-order valence-electron chi connectivity index (χ1n) is 8.44. The summed E-state index contributed by atoms with van der Waals surface area (Å²) in [6, 6.07) is 1.23. The first kappa shape index (κ1) is 17.6. The number of rotatable bonds is 4. The summed E-state index contributed by atoms with van der Waals surface area (Å²) in [4.78, 5) is 33.9. The van der Waals surface area contributed by atoms with Crippen LogP contribution in [0, 0.1) is 5.92 Å². The van der Waals surface area contributed by atoms with Gasteiger partial charge in [-0.3, -0.25) is 14.3 Å². The summed E-state index contributed by atoms with van der Waals surface area (Å²) in [6.07, 6.45) is 6.36. The number of aryl methyl sites for hydroxylation is 2. The van der Waals surface area contributed by atoms with Gasteiger partial charge in [-0.1, -0.05) is 0 Å². The van der Waals surface area contributed by atoms with Gasteiger partial charge < -0.3 is 4.57 Å². The van der Waals surface area contributed by atoms with Crippen LogP contribution in [0.1, 0.15) is 12.2 Å². The van der Waals surface area contributed by atoms with Crippen LogP contribution in [0.5, 0.6) is 0 Å². The summed E-state index contributed by atoms with van der Waals surface area (Å²) in [5.74, 6) is 1.09. The molecule has 2 N–H and O–H groups in total. The topological polar surface area (TPSA) is 132 Å². The SMILES string of the molecule is Cn1c(=O)[nH]c(=O)c2cc(S(=O)(=O)NCC3CCn4ccnc4C3)cnc21. The van der Waals surface area contributed by atoms with Crippen LogP contribution in [0.2, 0.25) is 0 Å². The number of hydrogen-bond acceptors (Lipinski definition) is 6. The van der Waals surface area contributed by atoms with Gasteiger partial charge in [-0.15, -0.1) is 0 Å². The molecule has 1 atom stereocenters. The summed E-state index contributed by atoms with van der Waals surface area (Å²) in [5, 5.41) is 0.0414. The summed E-state index contributed by atoms with van der Waals surface area (Å²) >= 11 is 0. The number of hydrogen-bond donors (Lipinski definition) is 2. The van der Waals surface area contributed by atoms with Crippen LogP contribution in [0.4, 0.5) is 0 Å². The van der Waals surface area contributed by atoms with Crippen molar-refractivity contribution in [3.63, 3.8) is 0 Å². The minimum Gasteiger partial charge on any atom is -0.335 e. The van der Waals surface area contributed by atoms with Crippen molar-refractivity contribution in [2.45, 2.75) is 24.3 Å². The molecule has 0 amide bonds. The second-order valence-electron chi connectivity index (χ2n) is 6.61. The van der Waals surface area contributed by atoms with E-state index in [1.165, 1.54) is 13.1 Å². The van der Waals surface area contributed by atoms with Crippen LogP contribution in [-0.2, 0) is 30.0 Å². The molecule has 4 heterocycles. The molecule has 0 spiro atoms. The number of nitrogens with one attached hydrogen (secondary N) is 2. The highest BCUT2D eigenvalue weighted by atomic mass is 32.2. The van der Waals surface area contributed by atoms with Crippen LogP contribution in [0.15, 0.2) is 39.1 Å². The summed E-state index contributed by atoms with van der Waals surface area (Å²) in [6.45, 7) is 1.08. The molecule has 27 heavy (non-hydrogen) atoms. The Hall–Kier alpha value is -2.79. The lowest BCUT2D eigenvalue weighted by Crippen LogP contribution is -2.33. The van der Waals surface area contributed by atoms with Crippen molar-refractivity contribution in [1.29, 1.82) is 0 Å². The van der Waals surface area contributed by atoms with E-state index in [4.69, 9.17) is 0 Å². The van der Waals surface area contributed by atoms with Gasteiger partial charge >= 0.3 is 5.69 Å². The molecule has 1 unspecified atom stereocenters. The van der Waals surface area contributed by atoms with E-state index in [-0.39, 0.29) is 28.4 Å². The fourth-order valence-electron chi connectivity index (χ4n) is 3.26. The molecule has 0 radical (unpaired) electrons. The number of fused-ring (bicyclic) bond motifs is 2. The number of nitrogens with zero attached hydrogens (tertiary/aromatic N) is 4. The van der Waals surface area contributed by atoms with Gasteiger partial charge in [0.2, 0.25) is 10.0 Å². The number of aromatic amines is 1. The summed E-state index contributed by atoms with van der Waals surface area (Å²) < 4.78 is 31.1. The largest absolute Gasteiger partial charge is 0.335 e. The van der Waals surface area contributed by atoms with Crippen molar-refractivity contribution in [3.8, 4) is 0 Å².